The summed E-state index contributed by atoms with van der Waals surface area (Å²) < 4.78 is 62.0. The minimum atomic E-state index is -4.53. The van der Waals surface area contributed by atoms with Gasteiger partial charge in [-0.2, -0.15) is 13.2 Å². The molecule has 5 unspecified atom stereocenters. The van der Waals surface area contributed by atoms with Crippen LogP contribution < -0.4 is 4.74 Å². The van der Waals surface area contributed by atoms with E-state index in [9.17, 15) is 32.7 Å². The van der Waals surface area contributed by atoms with Crippen molar-refractivity contribution in [1.29, 1.82) is 0 Å². The molecule has 2 rings (SSSR count). The second-order valence-electron chi connectivity index (χ2n) is 15.7. The molecule has 0 amide bonds. The Kier molecular flexibility index (Phi) is 22.6. The third-order valence-electron chi connectivity index (χ3n) is 12.0. The van der Waals surface area contributed by atoms with Crippen LogP contribution in [-0.2, 0) is 34.8 Å². The summed E-state index contributed by atoms with van der Waals surface area (Å²) in [5, 5.41) is 10.8. The van der Waals surface area contributed by atoms with Crippen LogP contribution in [0.5, 0.6) is 5.75 Å². The molecule has 1 aliphatic rings. The largest absolute Gasteiger partial charge is 0.491 e. The van der Waals surface area contributed by atoms with E-state index in [0.29, 0.717) is 49.4 Å². The number of aliphatic hydroxyl groups excluding tert-OH is 1. The second-order valence-corrected chi connectivity index (χ2v) is 15.7. The maximum Gasteiger partial charge on any atom is 0.416 e. The van der Waals surface area contributed by atoms with Crippen molar-refractivity contribution in [2.75, 3.05) is 13.7 Å². The van der Waals surface area contributed by atoms with Gasteiger partial charge >= 0.3 is 24.1 Å². The zero-order valence-electron chi connectivity index (χ0n) is 35.7. The number of hydrogen-bond acceptors (Lipinski definition) is 8. The van der Waals surface area contributed by atoms with Crippen LogP contribution in [0.4, 0.5) is 13.2 Å². The average molecular weight is 809 g/mol. The fourth-order valence-electron chi connectivity index (χ4n) is 9.24. The molecule has 1 aromatic carbocycles. The Bertz CT molecular complexity index is 1390. The highest BCUT2D eigenvalue weighted by Gasteiger charge is 2.46. The predicted octanol–water partition coefficient (Wildman–Crippen LogP) is 11.1. The maximum atomic E-state index is 14.0. The first-order chi connectivity index (χ1) is 27.2. The predicted molar refractivity (Wildman–Crippen MR) is 217 cm³/mol. The molecule has 57 heavy (non-hydrogen) atoms. The van der Waals surface area contributed by atoms with Crippen molar-refractivity contribution in [3.63, 3.8) is 0 Å². The van der Waals surface area contributed by atoms with Crippen molar-refractivity contribution >= 4 is 17.9 Å². The summed E-state index contributed by atoms with van der Waals surface area (Å²) in [6.45, 7) is 14.5. The summed E-state index contributed by atoms with van der Waals surface area (Å²) in [7, 11) is 1.35. The minimum absolute atomic E-state index is 0.0320. The van der Waals surface area contributed by atoms with Crippen molar-refractivity contribution in [2.45, 2.75) is 156 Å². The summed E-state index contributed by atoms with van der Waals surface area (Å²) in [4.78, 5) is 37.9. The van der Waals surface area contributed by atoms with Gasteiger partial charge in [-0.1, -0.05) is 117 Å². The van der Waals surface area contributed by atoms with E-state index >= 15 is 0 Å². The number of halogens is 3. The highest BCUT2D eigenvalue weighted by molar-refractivity contribution is 5.70. The molecule has 1 saturated carbocycles. The lowest BCUT2D eigenvalue weighted by Gasteiger charge is -2.40. The molecule has 11 heteroatoms. The Morgan fingerprint density at radius 3 is 2.12 bits per heavy atom. The number of aliphatic hydroxyl groups is 1. The number of benzene rings is 1. The van der Waals surface area contributed by atoms with Gasteiger partial charge in [0.15, 0.2) is 0 Å². The highest BCUT2D eigenvalue weighted by Crippen LogP contribution is 2.44. The molecule has 10 atom stereocenters. The van der Waals surface area contributed by atoms with Gasteiger partial charge in [-0.15, -0.1) is 0 Å². The van der Waals surface area contributed by atoms with Crippen LogP contribution >= 0.6 is 0 Å². The normalized spacial score (nSPS) is 21.8. The van der Waals surface area contributed by atoms with Gasteiger partial charge in [0.25, 0.3) is 0 Å². The van der Waals surface area contributed by atoms with E-state index < -0.39 is 41.9 Å². The third-order valence-corrected chi connectivity index (χ3v) is 12.0. The molecule has 1 aliphatic carbocycles. The molecular formula is C46H71F3O8. The first-order valence-electron chi connectivity index (χ1n) is 21.4. The van der Waals surface area contributed by atoms with E-state index in [1.165, 1.54) is 38.7 Å². The number of carbonyl (C=O) groups excluding carboxylic acids is 3. The zero-order valence-corrected chi connectivity index (χ0v) is 35.7. The lowest BCUT2D eigenvalue weighted by molar-refractivity contribution is -0.153. The average Bonchev–Trinajstić information content (AvgIpc) is 3.49. The number of unbranched alkanes of at least 4 members (excludes halogenated alkanes) is 1. The van der Waals surface area contributed by atoms with Crippen LogP contribution in [0, 0.1) is 41.4 Å². The van der Waals surface area contributed by atoms with Crippen molar-refractivity contribution in [3.8, 4) is 5.75 Å². The van der Waals surface area contributed by atoms with Crippen molar-refractivity contribution in [1.82, 2.24) is 0 Å². The molecule has 8 nitrogen and oxygen atoms in total. The number of hydrogen-bond donors (Lipinski definition) is 1. The smallest absolute Gasteiger partial charge is 0.416 e. The molecular weight excluding hydrogens is 737 g/mol. The molecule has 0 heterocycles. The van der Waals surface area contributed by atoms with Crippen LogP contribution in [-0.4, -0.2) is 55.0 Å². The van der Waals surface area contributed by atoms with E-state index in [0.717, 1.165) is 50.7 Å². The summed E-state index contributed by atoms with van der Waals surface area (Å²) in [6, 6.07) is 4.44. The number of carbonyl (C=O) groups is 3. The quantitative estimate of drug-likeness (QED) is 0.0427. The van der Waals surface area contributed by atoms with Gasteiger partial charge in [0, 0.05) is 38.0 Å². The summed E-state index contributed by atoms with van der Waals surface area (Å²) in [5.74, 6) is 0.451. The van der Waals surface area contributed by atoms with Crippen LogP contribution in [0.1, 0.15) is 138 Å². The Balaban J connectivity index is 2.34. The SMILES string of the molecule is CCCC(CC)C(CC)C(CC)C(CC)C(CC)CC(=O)O[C@H]1C[C@@H](OC(C)=O)[C@H](/C=C/[C@@H](O)COc2cccc(C(F)(F)F)c2)[C@H]1C/C=C\CCCC(=O)OC. The maximum absolute atomic E-state index is 14.0. The van der Waals surface area contributed by atoms with E-state index in [1.807, 2.05) is 12.2 Å². The monoisotopic (exact) mass is 809 g/mol. The summed E-state index contributed by atoms with van der Waals surface area (Å²) in [5.41, 5.74) is -0.857. The van der Waals surface area contributed by atoms with Crippen LogP contribution in [0.3, 0.4) is 0 Å². The van der Waals surface area contributed by atoms with Crippen molar-refractivity contribution in [2.24, 2.45) is 41.4 Å². The van der Waals surface area contributed by atoms with Crippen LogP contribution in [0.25, 0.3) is 0 Å². The number of alkyl halides is 3. The molecule has 0 radical (unpaired) electrons. The molecule has 324 valence electrons. The van der Waals surface area contributed by atoms with E-state index in [-0.39, 0.29) is 49.0 Å². The standard InChI is InChI=1S/C46H71F3O8/c1-9-20-32(10-2)37(12-4)39(14-6)38(13-5)33(11-3)27-45(53)57-43-29-42(56-31(7)50)41(40(43)23-17-15-16-18-24-44(52)54-8)26-25-35(51)30-55-36-22-19-21-34(28-36)46(47,48)49/h15,17,19,21-22,25-26,28,32-33,35,37-43,51H,9-14,16,18,20,23-24,27,29-30H2,1-8H3/b17-15-,26-25+/t32?,33?,35-,37?,38?,39?,40-,41-,42-,43+/m1/s1. The topological polar surface area (TPSA) is 108 Å². The molecule has 1 aromatic rings. The summed E-state index contributed by atoms with van der Waals surface area (Å²) >= 11 is 0. The molecule has 0 spiro atoms. The first-order valence-corrected chi connectivity index (χ1v) is 21.4. The summed E-state index contributed by atoms with van der Waals surface area (Å²) in [6.07, 6.45) is 10.3. The zero-order chi connectivity index (χ0) is 42.5. The molecule has 0 saturated heterocycles. The molecule has 0 aliphatic heterocycles. The first kappa shape index (κ1) is 49.8. The Hall–Kier alpha value is -3.34. The number of allylic oxidation sites excluding steroid dienone is 2. The van der Waals surface area contributed by atoms with Gasteiger partial charge in [-0.3, -0.25) is 14.4 Å². The van der Waals surface area contributed by atoms with Crippen molar-refractivity contribution < 1.29 is 51.6 Å². The van der Waals surface area contributed by atoms with E-state index in [1.54, 1.807) is 6.08 Å². The van der Waals surface area contributed by atoms with Crippen LogP contribution in [0.15, 0.2) is 48.6 Å². The third kappa shape index (κ3) is 16.4. The fraction of sp³-hybridized carbons (Fsp3) is 0.717. The van der Waals surface area contributed by atoms with Gasteiger partial charge in [0.1, 0.15) is 30.7 Å². The lowest BCUT2D eigenvalue weighted by Crippen LogP contribution is -2.34. The molecule has 1 fully saturated rings. The molecule has 0 bridgehead atoms. The van der Waals surface area contributed by atoms with Gasteiger partial charge in [0.2, 0.25) is 0 Å². The number of ether oxygens (including phenoxy) is 4. The van der Waals surface area contributed by atoms with Gasteiger partial charge < -0.3 is 24.1 Å². The van der Waals surface area contributed by atoms with E-state index in [4.69, 9.17) is 18.9 Å². The molecule has 0 aromatic heterocycles. The number of rotatable bonds is 26. The van der Waals surface area contributed by atoms with Gasteiger partial charge in [-0.05, 0) is 67.1 Å². The molecule has 1 N–H and O–H groups in total. The van der Waals surface area contributed by atoms with Crippen LogP contribution in [0.2, 0.25) is 0 Å². The highest BCUT2D eigenvalue weighted by atomic mass is 19.4. The Labute approximate surface area is 340 Å². The van der Waals surface area contributed by atoms with Gasteiger partial charge in [0.05, 0.1) is 12.7 Å². The Morgan fingerprint density at radius 2 is 1.54 bits per heavy atom. The number of esters is 3. The van der Waals surface area contributed by atoms with E-state index in [2.05, 4.69) is 41.5 Å². The second kappa shape index (κ2) is 25.9. The fourth-order valence-corrected chi connectivity index (χ4v) is 9.24. The van der Waals surface area contributed by atoms with Crippen molar-refractivity contribution in [3.05, 3.63) is 54.1 Å². The Morgan fingerprint density at radius 1 is 0.877 bits per heavy atom. The lowest BCUT2D eigenvalue weighted by atomic mass is 9.65. The number of methoxy groups -OCH3 is 1. The van der Waals surface area contributed by atoms with Gasteiger partial charge in [-0.25, -0.2) is 0 Å². The minimum Gasteiger partial charge on any atom is -0.491 e.